The lowest BCUT2D eigenvalue weighted by molar-refractivity contribution is -0.143. The van der Waals surface area contributed by atoms with E-state index in [0.29, 0.717) is 11.6 Å². The molecule has 1 aliphatic rings. The van der Waals surface area contributed by atoms with Crippen molar-refractivity contribution in [3.05, 3.63) is 36.3 Å². The van der Waals surface area contributed by atoms with Crippen molar-refractivity contribution in [2.45, 2.75) is 32.4 Å². The van der Waals surface area contributed by atoms with Gasteiger partial charge >= 0.3 is 0 Å². The normalized spacial score (nSPS) is 17.7. The van der Waals surface area contributed by atoms with Crippen LogP contribution in [0.1, 0.15) is 19.5 Å². The molecule has 0 N–H and O–H groups in total. The highest BCUT2D eigenvalue weighted by Crippen LogP contribution is 2.23. The van der Waals surface area contributed by atoms with Crippen molar-refractivity contribution in [1.82, 2.24) is 19.2 Å². The highest BCUT2D eigenvalue weighted by molar-refractivity contribution is 7.99. The Morgan fingerprint density at radius 2 is 2.21 bits per heavy atom. The number of hydrogen-bond donors (Lipinski definition) is 0. The van der Waals surface area contributed by atoms with Crippen molar-refractivity contribution in [3.8, 4) is 0 Å². The third-order valence-electron chi connectivity index (χ3n) is 4.36. The number of pyridine rings is 1. The standard InChI is InChI=1S/C17H22N4O2S/c1-12(2)19(3)17(23)14-10-24-11-21(14)16(22)8-13-9-20-7-5-4-6-15(20)18-13/h4-7,9,12,14H,8,10-11H2,1-3H3/t14-/m1/s1. The van der Waals surface area contributed by atoms with Crippen LogP contribution in [-0.4, -0.2) is 61.8 Å². The van der Waals surface area contributed by atoms with Crippen LogP contribution in [0.3, 0.4) is 0 Å². The monoisotopic (exact) mass is 346 g/mol. The molecule has 1 aliphatic heterocycles. The molecule has 1 atom stereocenters. The minimum Gasteiger partial charge on any atom is -0.342 e. The van der Waals surface area contributed by atoms with E-state index in [0.717, 1.165) is 11.3 Å². The van der Waals surface area contributed by atoms with Gasteiger partial charge in [-0.2, -0.15) is 0 Å². The SMILES string of the molecule is CC(C)N(C)C(=O)[C@H]1CSCN1C(=O)Cc1cn2ccccc2n1. The number of aromatic nitrogens is 2. The molecule has 0 unspecified atom stereocenters. The number of imidazole rings is 1. The fraction of sp³-hybridized carbons (Fsp3) is 0.471. The molecule has 0 radical (unpaired) electrons. The molecular weight excluding hydrogens is 324 g/mol. The number of thioether (sulfide) groups is 1. The maximum absolute atomic E-state index is 12.7. The van der Waals surface area contributed by atoms with Gasteiger partial charge in [0, 0.05) is 31.2 Å². The zero-order valence-electron chi connectivity index (χ0n) is 14.2. The van der Waals surface area contributed by atoms with E-state index >= 15 is 0 Å². The zero-order valence-corrected chi connectivity index (χ0v) is 15.0. The molecule has 1 saturated heterocycles. The molecule has 6 nitrogen and oxygen atoms in total. The maximum Gasteiger partial charge on any atom is 0.246 e. The third kappa shape index (κ3) is 3.26. The van der Waals surface area contributed by atoms with Crippen LogP contribution in [0, 0.1) is 0 Å². The van der Waals surface area contributed by atoms with Crippen LogP contribution in [-0.2, 0) is 16.0 Å². The second-order valence-corrected chi connectivity index (χ2v) is 7.30. The third-order valence-corrected chi connectivity index (χ3v) is 5.37. The summed E-state index contributed by atoms with van der Waals surface area (Å²) in [5, 5.41) is 0. The summed E-state index contributed by atoms with van der Waals surface area (Å²) in [5.41, 5.74) is 1.55. The summed E-state index contributed by atoms with van der Waals surface area (Å²) < 4.78 is 1.90. The van der Waals surface area contributed by atoms with Crippen molar-refractivity contribution in [2.75, 3.05) is 18.7 Å². The molecule has 2 amide bonds. The molecule has 128 valence electrons. The Balaban J connectivity index is 1.72. The molecule has 2 aromatic heterocycles. The molecule has 0 aromatic carbocycles. The van der Waals surface area contributed by atoms with E-state index in [1.807, 2.05) is 48.8 Å². The van der Waals surface area contributed by atoms with Crippen LogP contribution in [0.2, 0.25) is 0 Å². The minimum absolute atomic E-state index is 0.0124. The Bertz CT molecular complexity index is 725. The van der Waals surface area contributed by atoms with Crippen molar-refractivity contribution >= 4 is 29.2 Å². The van der Waals surface area contributed by atoms with Crippen molar-refractivity contribution in [1.29, 1.82) is 0 Å². The number of carbonyl (C=O) groups is 2. The average molecular weight is 346 g/mol. The van der Waals surface area contributed by atoms with E-state index < -0.39 is 0 Å². The molecule has 24 heavy (non-hydrogen) atoms. The largest absolute Gasteiger partial charge is 0.342 e. The van der Waals surface area contributed by atoms with Gasteiger partial charge in [0.25, 0.3) is 0 Å². The summed E-state index contributed by atoms with van der Waals surface area (Å²) in [6.07, 6.45) is 4.00. The first-order chi connectivity index (χ1) is 11.5. The molecule has 0 saturated carbocycles. The summed E-state index contributed by atoms with van der Waals surface area (Å²) in [6.45, 7) is 3.95. The van der Waals surface area contributed by atoms with Crippen LogP contribution >= 0.6 is 11.8 Å². The van der Waals surface area contributed by atoms with Gasteiger partial charge in [0.05, 0.1) is 18.0 Å². The van der Waals surface area contributed by atoms with Crippen molar-refractivity contribution in [2.24, 2.45) is 0 Å². The van der Waals surface area contributed by atoms with Gasteiger partial charge in [0.2, 0.25) is 11.8 Å². The fourth-order valence-corrected chi connectivity index (χ4v) is 3.88. The first-order valence-corrected chi connectivity index (χ1v) is 9.19. The van der Waals surface area contributed by atoms with Gasteiger partial charge in [-0.05, 0) is 26.0 Å². The predicted molar refractivity (Wildman–Crippen MR) is 94.8 cm³/mol. The number of hydrogen-bond acceptors (Lipinski definition) is 4. The van der Waals surface area contributed by atoms with Gasteiger partial charge in [-0.3, -0.25) is 9.59 Å². The first-order valence-electron chi connectivity index (χ1n) is 8.04. The van der Waals surface area contributed by atoms with Crippen molar-refractivity contribution < 1.29 is 9.59 Å². The van der Waals surface area contributed by atoms with Gasteiger partial charge in [-0.1, -0.05) is 6.07 Å². The predicted octanol–water partition coefficient (Wildman–Crippen LogP) is 1.65. The maximum atomic E-state index is 12.7. The van der Waals surface area contributed by atoms with Gasteiger partial charge in [-0.15, -0.1) is 11.8 Å². The summed E-state index contributed by atoms with van der Waals surface area (Å²) in [4.78, 5) is 33.2. The molecule has 0 bridgehead atoms. The second kappa shape index (κ2) is 6.84. The van der Waals surface area contributed by atoms with Crippen LogP contribution in [0.15, 0.2) is 30.6 Å². The molecule has 0 aliphatic carbocycles. The van der Waals surface area contributed by atoms with E-state index in [1.54, 1.807) is 28.6 Å². The Hall–Kier alpha value is -2.02. The Labute approximate surface area is 145 Å². The lowest BCUT2D eigenvalue weighted by atomic mass is 10.2. The number of rotatable bonds is 4. The molecule has 3 heterocycles. The highest BCUT2D eigenvalue weighted by Gasteiger charge is 2.36. The Kier molecular flexibility index (Phi) is 4.80. The van der Waals surface area contributed by atoms with E-state index in [2.05, 4.69) is 4.98 Å². The quantitative estimate of drug-likeness (QED) is 0.845. The molecule has 3 rings (SSSR count). The van der Waals surface area contributed by atoms with Gasteiger partial charge in [0.15, 0.2) is 0 Å². The van der Waals surface area contributed by atoms with Crippen LogP contribution in [0.4, 0.5) is 0 Å². The smallest absolute Gasteiger partial charge is 0.246 e. The van der Waals surface area contributed by atoms with Crippen LogP contribution < -0.4 is 0 Å². The average Bonchev–Trinajstić information content (AvgIpc) is 3.19. The summed E-state index contributed by atoms with van der Waals surface area (Å²) >= 11 is 1.62. The van der Waals surface area contributed by atoms with E-state index in [9.17, 15) is 9.59 Å². The lowest BCUT2D eigenvalue weighted by Gasteiger charge is -2.29. The lowest BCUT2D eigenvalue weighted by Crippen LogP contribution is -2.49. The molecule has 7 heteroatoms. The number of carbonyl (C=O) groups excluding carboxylic acids is 2. The number of fused-ring (bicyclic) bond motifs is 1. The van der Waals surface area contributed by atoms with Gasteiger partial charge in [0.1, 0.15) is 11.7 Å². The first kappa shape index (κ1) is 16.8. The molecule has 0 spiro atoms. The summed E-state index contributed by atoms with van der Waals surface area (Å²) in [5.74, 6) is 1.19. The van der Waals surface area contributed by atoms with Crippen LogP contribution in [0.5, 0.6) is 0 Å². The minimum atomic E-state index is -0.369. The number of nitrogens with zero attached hydrogens (tertiary/aromatic N) is 4. The zero-order chi connectivity index (χ0) is 17.3. The Morgan fingerprint density at radius 1 is 1.42 bits per heavy atom. The summed E-state index contributed by atoms with van der Waals surface area (Å²) in [7, 11) is 1.79. The molecule has 2 aromatic rings. The summed E-state index contributed by atoms with van der Waals surface area (Å²) in [6, 6.07) is 5.50. The number of likely N-dealkylation sites (N-methyl/N-ethyl adjacent to an activating group) is 1. The number of amides is 2. The highest BCUT2D eigenvalue weighted by atomic mass is 32.2. The van der Waals surface area contributed by atoms with E-state index in [1.165, 1.54) is 0 Å². The Morgan fingerprint density at radius 3 is 2.92 bits per heavy atom. The second-order valence-electron chi connectivity index (χ2n) is 6.30. The van der Waals surface area contributed by atoms with Crippen molar-refractivity contribution in [3.63, 3.8) is 0 Å². The van der Waals surface area contributed by atoms with E-state index in [4.69, 9.17) is 0 Å². The van der Waals surface area contributed by atoms with Gasteiger partial charge in [-0.25, -0.2) is 4.98 Å². The molecular formula is C17H22N4O2S. The fourth-order valence-electron chi connectivity index (χ4n) is 2.71. The van der Waals surface area contributed by atoms with Crippen LogP contribution in [0.25, 0.3) is 5.65 Å². The van der Waals surface area contributed by atoms with E-state index in [-0.39, 0.29) is 30.3 Å². The topological polar surface area (TPSA) is 57.9 Å². The molecule has 1 fully saturated rings. The van der Waals surface area contributed by atoms with Gasteiger partial charge < -0.3 is 14.2 Å².